The third kappa shape index (κ3) is 5.33. The number of rotatable bonds is 6. The van der Waals surface area contributed by atoms with Crippen LogP contribution in [0, 0.1) is 18.2 Å². The van der Waals surface area contributed by atoms with E-state index in [2.05, 4.69) is 21.9 Å². The number of hydrogen-bond donors (Lipinski definition) is 1. The van der Waals surface area contributed by atoms with Gasteiger partial charge in [-0.15, -0.1) is 0 Å². The predicted octanol–water partition coefficient (Wildman–Crippen LogP) is 2.28. The maximum absolute atomic E-state index is 13.8. The van der Waals surface area contributed by atoms with E-state index in [0.29, 0.717) is 38.8 Å². The Kier molecular flexibility index (Phi) is 6.68. The van der Waals surface area contributed by atoms with Crippen molar-refractivity contribution in [3.05, 3.63) is 53.7 Å². The molecule has 1 unspecified atom stereocenters. The number of β-amino-alcohol motifs (C(OH)–C–C–N with tert-alkyl or cyclic N) is 1. The lowest BCUT2D eigenvalue weighted by molar-refractivity contribution is -0.146. The van der Waals surface area contributed by atoms with E-state index in [4.69, 9.17) is 0 Å². The number of amides is 1. The summed E-state index contributed by atoms with van der Waals surface area (Å²) in [5.74, 6) is 0.548. The Hall–Kier alpha value is -2.58. The van der Waals surface area contributed by atoms with E-state index in [1.165, 1.54) is 18.5 Å². The minimum Gasteiger partial charge on any atom is -0.386 e. The summed E-state index contributed by atoms with van der Waals surface area (Å²) in [5, 5.41) is 11.3. The summed E-state index contributed by atoms with van der Waals surface area (Å²) in [6.45, 7) is 4.90. The molecule has 7 nitrogen and oxygen atoms in total. The smallest absolute Gasteiger partial charge is 0.229 e. The number of hydrogen-bond acceptors (Lipinski definition) is 6. The minimum absolute atomic E-state index is 0.0321. The Morgan fingerprint density at radius 1 is 1.18 bits per heavy atom. The predicted molar refractivity (Wildman–Crippen MR) is 125 cm³/mol. The lowest BCUT2D eigenvalue weighted by Crippen LogP contribution is -2.53. The van der Waals surface area contributed by atoms with E-state index >= 15 is 0 Å². The molecule has 2 aliphatic rings. The van der Waals surface area contributed by atoms with Crippen LogP contribution in [0.1, 0.15) is 30.5 Å². The number of likely N-dealkylation sites (N-methyl/N-ethyl adjacent to an activating group) is 1. The maximum atomic E-state index is 13.8. The Labute approximate surface area is 195 Å². The molecular formula is C25H34FN5O2. The fourth-order valence-corrected chi connectivity index (χ4v) is 5.26. The van der Waals surface area contributed by atoms with E-state index in [-0.39, 0.29) is 18.3 Å². The summed E-state index contributed by atoms with van der Waals surface area (Å²) >= 11 is 0. The van der Waals surface area contributed by atoms with E-state index in [1.54, 1.807) is 18.0 Å². The van der Waals surface area contributed by atoms with Gasteiger partial charge in [0.05, 0.1) is 12.0 Å². The van der Waals surface area contributed by atoms with Crippen molar-refractivity contribution in [2.75, 3.05) is 51.7 Å². The molecule has 178 valence electrons. The van der Waals surface area contributed by atoms with Gasteiger partial charge in [-0.1, -0.05) is 12.1 Å². The summed E-state index contributed by atoms with van der Waals surface area (Å²) < 4.78 is 13.8. The van der Waals surface area contributed by atoms with Crippen molar-refractivity contribution in [2.24, 2.45) is 5.41 Å². The van der Waals surface area contributed by atoms with Gasteiger partial charge in [-0.05, 0) is 70.4 Å². The lowest BCUT2D eigenvalue weighted by Gasteiger charge is -2.43. The molecule has 0 aliphatic carbocycles. The largest absolute Gasteiger partial charge is 0.386 e. The van der Waals surface area contributed by atoms with E-state index < -0.39 is 11.0 Å². The molecule has 8 heteroatoms. The zero-order chi connectivity index (χ0) is 23.6. The Bertz CT molecular complexity index is 994. The van der Waals surface area contributed by atoms with Crippen molar-refractivity contribution in [3.8, 4) is 0 Å². The van der Waals surface area contributed by atoms with Crippen LogP contribution < -0.4 is 4.90 Å². The molecule has 2 aromatic rings. The highest BCUT2D eigenvalue weighted by atomic mass is 19.1. The molecule has 2 aliphatic heterocycles. The first kappa shape index (κ1) is 23.6. The SMILES string of the molecule is Cc1cc(N2CCC(O)(CN(C)C(=O)C3(Cc4cccc(F)c4)CCN(C)CC3)C2)ncn1. The first-order chi connectivity index (χ1) is 15.7. The molecule has 1 N–H and O–H groups in total. The van der Waals surface area contributed by atoms with Crippen LogP contribution in [-0.4, -0.2) is 83.2 Å². The highest BCUT2D eigenvalue weighted by Crippen LogP contribution is 2.38. The van der Waals surface area contributed by atoms with Crippen molar-refractivity contribution >= 4 is 11.7 Å². The highest BCUT2D eigenvalue weighted by molar-refractivity contribution is 5.83. The van der Waals surface area contributed by atoms with Gasteiger partial charge in [-0.3, -0.25) is 4.79 Å². The second-order valence-electron chi connectivity index (χ2n) is 9.97. The number of aromatic nitrogens is 2. The second kappa shape index (κ2) is 9.35. The number of piperidine rings is 1. The summed E-state index contributed by atoms with van der Waals surface area (Å²) in [5.41, 5.74) is 0.123. The summed E-state index contributed by atoms with van der Waals surface area (Å²) in [6.07, 6.45) is 4.04. The third-order valence-electron chi connectivity index (χ3n) is 7.15. The number of aliphatic hydroxyl groups is 1. The van der Waals surface area contributed by atoms with Gasteiger partial charge >= 0.3 is 0 Å². The number of carbonyl (C=O) groups is 1. The molecule has 1 amide bonds. The molecule has 0 saturated carbocycles. The lowest BCUT2D eigenvalue weighted by atomic mass is 9.72. The summed E-state index contributed by atoms with van der Waals surface area (Å²) in [6, 6.07) is 8.46. The fourth-order valence-electron chi connectivity index (χ4n) is 5.26. The number of anilines is 1. The van der Waals surface area contributed by atoms with Crippen molar-refractivity contribution < 1.29 is 14.3 Å². The molecule has 0 bridgehead atoms. The van der Waals surface area contributed by atoms with Crippen molar-refractivity contribution in [1.29, 1.82) is 0 Å². The topological polar surface area (TPSA) is 72.8 Å². The summed E-state index contributed by atoms with van der Waals surface area (Å²) in [4.78, 5) is 28.3. The second-order valence-corrected chi connectivity index (χ2v) is 9.97. The Balaban J connectivity index is 1.48. The first-order valence-electron chi connectivity index (χ1n) is 11.6. The number of likely N-dealkylation sites (tertiary alicyclic amines) is 1. The fraction of sp³-hybridized carbons (Fsp3) is 0.560. The van der Waals surface area contributed by atoms with Crippen LogP contribution in [0.25, 0.3) is 0 Å². The van der Waals surface area contributed by atoms with Crippen molar-refractivity contribution in [1.82, 2.24) is 19.8 Å². The van der Waals surface area contributed by atoms with Crippen LogP contribution in [-0.2, 0) is 11.2 Å². The average Bonchev–Trinajstić information content (AvgIpc) is 3.16. The monoisotopic (exact) mass is 455 g/mol. The molecule has 2 fully saturated rings. The Morgan fingerprint density at radius 3 is 2.64 bits per heavy atom. The normalized spacial score (nSPS) is 23.0. The van der Waals surface area contributed by atoms with Gasteiger partial charge in [0.1, 0.15) is 23.6 Å². The molecular weight excluding hydrogens is 421 g/mol. The van der Waals surface area contributed by atoms with Gasteiger partial charge in [0.25, 0.3) is 0 Å². The van der Waals surface area contributed by atoms with E-state index in [1.807, 2.05) is 24.0 Å². The molecule has 4 rings (SSSR count). The van der Waals surface area contributed by atoms with Crippen LogP contribution in [0.4, 0.5) is 10.2 Å². The van der Waals surface area contributed by atoms with Crippen LogP contribution in [0.5, 0.6) is 0 Å². The molecule has 33 heavy (non-hydrogen) atoms. The van der Waals surface area contributed by atoms with E-state index in [0.717, 1.165) is 30.2 Å². The van der Waals surface area contributed by atoms with Crippen LogP contribution in [0.3, 0.4) is 0 Å². The van der Waals surface area contributed by atoms with Gasteiger partial charge in [-0.25, -0.2) is 14.4 Å². The highest BCUT2D eigenvalue weighted by Gasteiger charge is 2.45. The molecule has 1 aromatic carbocycles. The summed E-state index contributed by atoms with van der Waals surface area (Å²) in [7, 11) is 3.84. The molecule has 0 spiro atoms. The van der Waals surface area contributed by atoms with Gasteiger partial charge in [0.2, 0.25) is 5.91 Å². The van der Waals surface area contributed by atoms with Gasteiger partial charge in [0.15, 0.2) is 0 Å². The number of benzene rings is 1. The van der Waals surface area contributed by atoms with Crippen molar-refractivity contribution in [3.63, 3.8) is 0 Å². The van der Waals surface area contributed by atoms with E-state index in [9.17, 15) is 14.3 Å². The van der Waals surface area contributed by atoms with Gasteiger partial charge in [0, 0.05) is 31.9 Å². The van der Waals surface area contributed by atoms with Crippen LogP contribution >= 0.6 is 0 Å². The first-order valence-corrected chi connectivity index (χ1v) is 11.6. The molecule has 0 radical (unpaired) electrons. The molecule has 2 saturated heterocycles. The van der Waals surface area contributed by atoms with Gasteiger partial charge < -0.3 is 19.8 Å². The number of nitrogens with zero attached hydrogens (tertiary/aromatic N) is 5. The molecule has 1 aromatic heterocycles. The van der Waals surface area contributed by atoms with Crippen LogP contribution in [0.15, 0.2) is 36.7 Å². The number of halogens is 1. The molecule has 3 heterocycles. The number of carbonyl (C=O) groups excluding carboxylic acids is 1. The molecule has 1 atom stereocenters. The standard InChI is InChI=1S/C25H34FN5O2/c1-19-13-22(28-18-27-19)31-12-9-25(33,17-31)16-30(3)23(32)24(7-10-29(2)11-8-24)15-20-5-4-6-21(26)14-20/h4-6,13-14,18,33H,7-12,15-17H2,1-3H3. The third-order valence-corrected chi connectivity index (χ3v) is 7.15. The van der Waals surface area contributed by atoms with Crippen LogP contribution in [0.2, 0.25) is 0 Å². The average molecular weight is 456 g/mol. The minimum atomic E-state index is -1.01. The Morgan fingerprint density at radius 2 is 1.94 bits per heavy atom. The zero-order valence-electron chi connectivity index (χ0n) is 19.8. The van der Waals surface area contributed by atoms with Crippen molar-refractivity contribution in [2.45, 2.75) is 38.2 Å². The quantitative estimate of drug-likeness (QED) is 0.721. The zero-order valence-corrected chi connectivity index (χ0v) is 19.8. The maximum Gasteiger partial charge on any atom is 0.229 e. The number of aryl methyl sites for hydroxylation is 1. The van der Waals surface area contributed by atoms with Gasteiger partial charge in [-0.2, -0.15) is 0 Å².